The quantitative estimate of drug-likeness (QED) is 0.0186. The lowest BCUT2D eigenvalue weighted by molar-refractivity contribution is -0.317. The fraction of sp³-hybridized carbons (Fsp3) is 0.591. The SMILES string of the molecule is COCO[C@H]1[C@H]([C@H](OCOC)[C@H](OCOC)[C@H](COC(c2ccccc2)(c2ccccc2)c2ccccc2)OCOC)O[C@@H](O[Si](C)(C)C(C)(C)C)[C@H](N=[N+]=[N-])[C@@H]1OCOC. The minimum atomic E-state index is -2.62. The first-order chi connectivity index (χ1) is 29.4. The summed E-state index contributed by atoms with van der Waals surface area (Å²) in [6.07, 6.45) is -7.30. The number of hydrogen-bond acceptors (Lipinski definition) is 14. The molecule has 0 aliphatic carbocycles. The topological polar surface area (TPSA) is 169 Å². The Balaban J connectivity index is 1.93. The highest BCUT2D eigenvalue weighted by molar-refractivity contribution is 6.74. The van der Waals surface area contributed by atoms with Crippen LogP contribution >= 0.6 is 0 Å². The molecule has 0 amide bonds. The van der Waals surface area contributed by atoms with Gasteiger partial charge >= 0.3 is 0 Å². The molecule has 1 aliphatic rings. The molecule has 0 unspecified atom stereocenters. The molecule has 0 bridgehead atoms. The predicted molar refractivity (Wildman–Crippen MR) is 229 cm³/mol. The summed E-state index contributed by atoms with van der Waals surface area (Å²) in [5, 5.41) is 3.91. The van der Waals surface area contributed by atoms with E-state index in [1.807, 2.05) is 91.0 Å². The van der Waals surface area contributed by atoms with Crippen molar-refractivity contribution in [3.63, 3.8) is 0 Å². The van der Waals surface area contributed by atoms with Gasteiger partial charge in [0.25, 0.3) is 0 Å². The molecular formula is C44H65N3O13Si. The van der Waals surface area contributed by atoms with Gasteiger partial charge in [0.15, 0.2) is 14.6 Å². The van der Waals surface area contributed by atoms with Crippen molar-refractivity contribution >= 4 is 8.32 Å². The van der Waals surface area contributed by atoms with Gasteiger partial charge in [0, 0.05) is 40.5 Å². The molecule has 0 spiro atoms. The zero-order chi connectivity index (χ0) is 44.3. The summed E-state index contributed by atoms with van der Waals surface area (Å²) in [5.74, 6) is 0. The van der Waals surface area contributed by atoms with Gasteiger partial charge in [-0.2, -0.15) is 0 Å². The van der Waals surface area contributed by atoms with E-state index in [0.717, 1.165) is 16.7 Å². The summed E-state index contributed by atoms with van der Waals surface area (Å²) in [5.41, 5.74) is 11.4. The van der Waals surface area contributed by atoms with Crippen LogP contribution in [0.1, 0.15) is 37.5 Å². The molecule has 0 radical (unpaired) electrons. The van der Waals surface area contributed by atoms with Crippen LogP contribution in [0.3, 0.4) is 0 Å². The minimum Gasteiger partial charge on any atom is -0.392 e. The average Bonchev–Trinajstić information content (AvgIpc) is 3.26. The number of methoxy groups -OCH3 is 5. The summed E-state index contributed by atoms with van der Waals surface area (Å²) >= 11 is 0. The summed E-state index contributed by atoms with van der Waals surface area (Å²) in [6.45, 7) is 9.49. The molecule has 338 valence electrons. The Morgan fingerprint density at radius 3 is 1.57 bits per heavy atom. The molecule has 1 saturated heterocycles. The Labute approximate surface area is 361 Å². The van der Waals surface area contributed by atoms with Gasteiger partial charge in [0.1, 0.15) is 82.2 Å². The molecule has 8 atom stereocenters. The number of ether oxygens (including phenoxy) is 12. The van der Waals surface area contributed by atoms with Gasteiger partial charge in [0.05, 0.1) is 6.61 Å². The maximum Gasteiger partial charge on any atom is 0.195 e. The van der Waals surface area contributed by atoms with Crippen molar-refractivity contribution in [2.45, 2.75) is 93.5 Å². The summed E-state index contributed by atoms with van der Waals surface area (Å²) in [4.78, 5) is 3.18. The Bertz CT molecular complexity index is 1610. The molecule has 3 aromatic rings. The minimum absolute atomic E-state index is 0.0750. The highest BCUT2D eigenvalue weighted by Gasteiger charge is 2.56. The lowest BCUT2D eigenvalue weighted by Crippen LogP contribution is -2.67. The van der Waals surface area contributed by atoms with Crippen LogP contribution in [0.5, 0.6) is 0 Å². The average molecular weight is 872 g/mol. The van der Waals surface area contributed by atoms with Gasteiger partial charge in [-0.25, -0.2) is 0 Å². The van der Waals surface area contributed by atoms with Crippen molar-refractivity contribution < 1.29 is 61.3 Å². The Kier molecular flexibility index (Phi) is 20.7. The van der Waals surface area contributed by atoms with E-state index in [1.54, 1.807) is 0 Å². The lowest BCUT2D eigenvalue weighted by Gasteiger charge is -2.50. The third kappa shape index (κ3) is 13.1. The molecule has 0 aromatic heterocycles. The van der Waals surface area contributed by atoms with Crippen molar-refractivity contribution in [3.05, 3.63) is 118 Å². The Morgan fingerprint density at radius 1 is 0.656 bits per heavy atom. The second-order valence-electron chi connectivity index (χ2n) is 15.9. The summed E-state index contributed by atoms with van der Waals surface area (Å²) < 4.78 is 80.8. The molecule has 1 heterocycles. The van der Waals surface area contributed by atoms with E-state index in [9.17, 15) is 5.53 Å². The van der Waals surface area contributed by atoms with Crippen LogP contribution in [0.15, 0.2) is 96.1 Å². The summed E-state index contributed by atoms with van der Waals surface area (Å²) in [6, 6.07) is 28.9. The molecule has 3 aromatic carbocycles. The monoisotopic (exact) mass is 871 g/mol. The van der Waals surface area contributed by atoms with Gasteiger partial charge in [-0.3, -0.25) is 0 Å². The fourth-order valence-corrected chi connectivity index (χ4v) is 8.12. The first-order valence-corrected chi connectivity index (χ1v) is 23.1. The zero-order valence-corrected chi connectivity index (χ0v) is 38.2. The van der Waals surface area contributed by atoms with E-state index in [0.29, 0.717) is 0 Å². The predicted octanol–water partition coefficient (Wildman–Crippen LogP) is 7.37. The van der Waals surface area contributed by atoms with Crippen molar-refractivity contribution in [1.82, 2.24) is 0 Å². The van der Waals surface area contributed by atoms with Crippen molar-refractivity contribution in [1.29, 1.82) is 0 Å². The first-order valence-electron chi connectivity index (χ1n) is 20.1. The molecule has 16 nitrogen and oxygen atoms in total. The largest absolute Gasteiger partial charge is 0.392 e. The number of benzene rings is 3. The second-order valence-corrected chi connectivity index (χ2v) is 20.7. The molecule has 4 rings (SSSR count). The number of hydrogen-bond donors (Lipinski definition) is 0. The van der Waals surface area contributed by atoms with Crippen LogP contribution in [0, 0.1) is 0 Å². The van der Waals surface area contributed by atoms with E-state index >= 15 is 0 Å². The smallest absolute Gasteiger partial charge is 0.195 e. The highest BCUT2D eigenvalue weighted by atomic mass is 28.4. The van der Waals surface area contributed by atoms with Crippen LogP contribution < -0.4 is 0 Å². The molecule has 1 aliphatic heterocycles. The number of azide groups is 1. The van der Waals surface area contributed by atoms with Gasteiger partial charge in [-0.05, 0) is 40.4 Å². The van der Waals surface area contributed by atoms with Crippen LogP contribution in [0.4, 0.5) is 0 Å². The Morgan fingerprint density at radius 2 is 1.11 bits per heavy atom. The Hall–Kier alpha value is -3.33. The van der Waals surface area contributed by atoms with Crippen molar-refractivity contribution in [2.75, 3.05) is 76.1 Å². The van der Waals surface area contributed by atoms with Crippen LogP contribution in [-0.4, -0.2) is 133 Å². The zero-order valence-electron chi connectivity index (χ0n) is 37.2. The normalized spacial score (nSPS) is 21.4. The fourth-order valence-electron chi connectivity index (χ4n) is 6.99. The van der Waals surface area contributed by atoms with E-state index in [2.05, 4.69) is 43.9 Å². The van der Waals surface area contributed by atoms with Gasteiger partial charge in [0.2, 0.25) is 0 Å². The van der Waals surface area contributed by atoms with Gasteiger partial charge in [-0.1, -0.05) is 117 Å². The van der Waals surface area contributed by atoms with Crippen LogP contribution in [0.25, 0.3) is 10.4 Å². The van der Waals surface area contributed by atoms with Gasteiger partial charge < -0.3 is 61.3 Å². The highest BCUT2D eigenvalue weighted by Crippen LogP contribution is 2.43. The standard InChI is InChI=1S/C44H65N3O13Si/c1-43(2,3)61(9,10)60-42-36(46-47-45)38(55-29-50-6)40(57-31-52-8)41(59-42)39(56-30-51-7)37(54-28-49-5)35(53-27-48-4)26-58-44(32-20-14-11-15-21-32,33-22-16-12-17-23-33)34-24-18-13-19-25-34/h11-25,35-42H,26-31H2,1-10H3/t35-,36+,37+,38-,39+,40+,41-,42-/m0/s1. The molecule has 1 fully saturated rings. The molecule has 17 heteroatoms. The van der Waals surface area contributed by atoms with E-state index in [-0.39, 0.29) is 45.6 Å². The molecule has 0 saturated carbocycles. The van der Waals surface area contributed by atoms with E-state index in [4.69, 9.17) is 61.3 Å². The molecular weight excluding hydrogens is 807 g/mol. The second kappa shape index (κ2) is 25.1. The number of rotatable bonds is 27. The molecule has 61 heavy (non-hydrogen) atoms. The third-order valence-corrected chi connectivity index (χ3v) is 15.3. The lowest BCUT2D eigenvalue weighted by atomic mass is 9.80. The maximum atomic E-state index is 9.89. The molecule has 0 N–H and O–H groups in total. The van der Waals surface area contributed by atoms with E-state index in [1.165, 1.54) is 35.5 Å². The van der Waals surface area contributed by atoms with Gasteiger partial charge in [-0.15, -0.1) is 0 Å². The first kappa shape index (κ1) is 50.3. The summed E-state index contributed by atoms with van der Waals surface area (Å²) in [7, 11) is 4.91. The van der Waals surface area contributed by atoms with Crippen molar-refractivity contribution in [2.24, 2.45) is 5.11 Å². The third-order valence-electron chi connectivity index (χ3n) is 10.9. The van der Waals surface area contributed by atoms with E-state index < -0.39 is 62.9 Å². The van der Waals surface area contributed by atoms with Crippen LogP contribution in [-0.2, 0) is 66.9 Å². The van der Waals surface area contributed by atoms with Crippen molar-refractivity contribution in [3.8, 4) is 0 Å². The number of nitrogens with zero attached hydrogens (tertiary/aromatic N) is 3. The maximum absolute atomic E-state index is 9.89. The van der Waals surface area contributed by atoms with Crippen LogP contribution in [0.2, 0.25) is 18.1 Å².